The molecule has 0 saturated carbocycles. The maximum atomic E-state index is 11.5. The van der Waals surface area contributed by atoms with Crippen LogP contribution in [0.5, 0.6) is 0 Å². The molecule has 0 aromatic carbocycles. The first-order chi connectivity index (χ1) is 10.6. The number of nitrogens with zero attached hydrogens (tertiary/aromatic N) is 2. The van der Waals surface area contributed by atoms with Crippen molar-refractivity contribution in [2.45, 2.75) is 80.3 Å². The first-order valence-electron chi connectivity index (χ1n) is 9.66. The first kappa shape index (κ1) is 20.5. The van der Waals surface area contributed by atoms with Crippen molar-refractivity contribution in [2.75, 3.05) is 19.6 Å². The molecule has 1 amide bonds. The number of likely N-dealkylation sites (tertiary alicyclic amines) is 2. The fourth-order valence-corrected chi connectivity index (χ4v) is 3.53. The van der Waals surface area contributed by atoms with Gasteiger partial charge in [-0.25, -0.2) is 0 Å². The quantitative estimate of drug-likeness (QED) is 0.771. The molecule has 23 heavy (non-hydrogen) atoms. The minimum absolute atomic E-state index is 0.337. The van der Waals surface area contributed by atoms with E-state index < -0.39 is 0 Å². The van der Waals surface area contributed by atoms with E-state index in [2.05, 4.69) is 60.3 Å². The van der Waals surface area contributed by atoms with Gasteiger partial charge in [0.05, 0.1) is 0 Å². The minimum atomic E-state index is 0.337. The summed E-state index contributed by atoms with van der Waals surface area (Å²) in [5.41, 5.74) is 0. The third-order valence-electron chi connectivity index (χ3n) is 5.68. The Morgan fingerprint density at radius 1 is 0.826 bits per heavy atom. The second-order valence-electron chi connectivity index (χ2n) is 8.73. The molecule has 2 aliphatic heterocycles. The summed E-state index contributed by atoms with van der Waals surface area (Å²) < 4.78 is 0. The Morgan fingerprint density at radius 2 is 1.39 bits per heavy atom. The number of hydrogen-bond donors (Lipinski definition) is 0. The molecule has 2 rings (SSSR count). The Morgan fingerprint density at radius 3 is 1.65 bits per heavy atom. The molecule has 0 aromatic rings. The van der Waals surface area contributed by atoms with Crippen molar-refractivity contribution in [3.05, 3.63) is 0 Å². The van der Waals surface area contributed by atoms with Crippen molar-refractivity contribution < 1.29 is 4.79 Å². The van der Waals surface area contributed by atoms with Gasteiger partial charge in [0, 0.05) is 31.6 Å². The van der Waals surface area contributed by atoms with Crippen LogP contribution in [0, 0.1) is 23.7 Å². The number of carbonyl (C=O) groups excluding carboxylic acids is 1. The summed E-state index contributed by atoms with van der Waals surface area (Å²) in [5, 5.41) is 0. The van der Waals surface area contributed by atoms with E-state index in [9.17, 15) is 4.79 Å². The monoisotopic (exact) mass is 324 g/mol. The number of amides is 1. The zero-order valence-electron chi connectivity index (χ0n) is 16.8. The average molecular weight is 325 g/mol. The summed E-state index contributed by atoms with van der Waals surface area (Å²) in [7, 11) is 0. The van der Waals surface area contributed by atoms with Crippen LogP contribution in [0.3, 0.4) is 0 Å². The van der Waals surface area contributed by atoms with E-state index in [4.69, 9.17) is 0 Å². The topological polar surface area (TPSA) is 23.6 Å². The van der Waals surface area contributed by atoms with Gasteiger partial charge in [0.2, 0.25) is 5.91 Å². The highest BCUT2D eigenvalue weighted by molar-refractivity contribution is 5.78. The minimum Gasteiger partial charge on any atom is -0.340 e. The van der Waals surface area contributed by atoms with E-state index >= 15 is 0 Å². The van der Waals surface area contributed by atoms with E-state index in [1.807, 2.05) is 4.90 Å². The zero-order valence-corrected chi connectivity index (χ0v) is 16.8. The third-order valence-corrected chi connectivity index (χ3v) is 5.68. The van der Waals surface area contributed by atoms with Crippen LogP contribution in [-0.4, -0.2) is 47.4 Å². The van der Waals surface area contributed by atoms with Crippen LogP contribution in [0.2, 0.25) is 0 Å². The molecule has 0 aromatic heterocycles. The molecule has 2 atom stereocenters. The molecule has 0 bridgehead atoms. The van der Waals surface area contributed by atoms with Gasteiger partial charge in [-0.15, -0.1) is 0 Å². The third kappa shape index (κ3) is 6.10. The van der Waals surface area contributed by atoms with Gasteiger partial charge < -0.3 is 9.80 Å². The lowest BCUT2D eigenvalue weighted by Crippen LogP contribution is -2.32. The van der Waals surface area contributed by atoms with Gasteiger partial charge >= 0.3 is 0 Å². The molecular formula is C20H40N2O. The SMILES string of the molecule is CC(C)C1CC(=O)N(C(C)C)C1.CC(C)C1CCN(C(C)C)C1. The van der Waals surface area contributed by atoms with Gasteiger partial charge in [-0.05, 0) is 64.3 Å². The molecule has 2 saturated heterocycles. The molecule has 0 N–H and O–H groups in total. The van der Waals surface area contributed by atoms with E-state index in [1.54, 1.807) is 0 Å². The number of rotatable bonds is 4. The maximum absolute atomic E-state index is 11.5. The van der Waals surface area contributed by atoms with Gasteiger partial charge in [0.25, 0.3) is 0 Å². The van der Waals surface area contributed by atoms with E-state index in [0.717, 1.165) is 30.8 Å². The molecule has 0 aliphatic carbocycles. The van der Waals surface area contributed by atoms with Crippen LogP contribution < -0.4 is 0 Å². The van der Waals surface area contributed by atoms with Gasteiger partial charge in [-0.3, -0.25) is 4.79 Å². The fraction of sp³-hybridized carbons (Fsp3) is 0.950. The first-order valence-corrected chi connectivity index (χ1v) is 9.66. The van der Waals surface area contributed by atoms with Gasteiger partial charge in [-0.1, -0.05) is 27.7 Å². The van der Waals surface area contributed by atoms with Gasteiger partial charge in [-0.2, -0.15) is 0 Å². The van der Waals surface area contributed by atoms with E-state index in [1.165, 1.54) is 19.5 Å². The van der Waals surface area contributed by atoms with Crippen LogP contribution in [0.25, 0.3) is 0 Å². The molecule has 0 radical (unpaired) electrons. The van der Waals surface area contributed by atoms with E-state index in [0.29, 0.717) is 23.8 Å². The van der Waals surface area contributed by atoms with E-state index in [-0.39, 0.29) is 0 Å². The van der Waals surface area contributed by atoms with Crippen molar-refractivity contribution in [3.63, 3.8) is 0 Å². The second kappa shape index (κ2) is 9.05. The molecule has 0 spiro atoms. The smallest absolute Gasteiger partial charge is 0.223 e. The number of hydrogen-bond acceptors (Lipinski definition) is 2. The molecule has 3 nitrogen and oxygen atoms in total. The van der Waals surface area contributed by atoms with Crippen LogP contribution in [0.4, 0.5) is 0 Å². The van der Waals surface area contributed by atoms with Crippen LogP contribution in [-0.2, 0) is 4.79 Å². The highest BCUT2D eigenvalue weighted by atomic mass is 16.2. The summed E-state index contributed by atoms with van der Waals surface area (Å²) in [4.78, 5) is 16.0. The van der Waals surface area contributed by atoms with Crippen LogP contribution in [0.15, 0.2) is 0 Å². The summed E-state index contributed by atoms with van der Waals surface area (Å²) in [6.07, 6.45) is 2.17. The van der Waals surface area contributed by atoms with Crippen molar-refractivity contribution in [1.82, 2.24) is 9.80 Å². The Hall–Kier alpha value is -0.570. The van der Waals surface area contributed by atoms with Crippen molar-refractivity contribution in [2.24, 2.45) is 23.7 Å². The van der Waals surface area contributed by atoms with Gasteiger partial charge in [0.1, 0.15) is 0 Å². The molecule has 3 heteroatoms. The highest BCUT2D eigenvalue weighted by Crippen LogP contribution is 2.26. The van der Waals surface area contributed by atoms with Crippen molar-refractivity contribution >= 4 is 5.91 Å². The Bertz CT molecular complexity index is 349. The predicted octanol–water partition coefficient (Wildman–Crippen LogP) is 4.27. The highest BCUT2D eigenvalue weighted by Gasteiger charge is 2.32. The lowest BCUT2D eigenvalue weighted by atomic mass is 9.95. The molecule has 2 fully saturated rings. The van der Waals surface area contributed by atoms with Crippen LogP contribution >= 0.6 is 0 Å². The standard InChI is InChI=1S/C10H19NO.C10H21N/c1-7(2)9-5-10(12)11(6-9)8(3)4;1-8(2)10-5-6-11(7-10)9(3)4/h7-9H,5-6H2,1-4H3;8-10H,5-7H2,1-4H3. The maximum Gasteiger partial charge on any atom is 0.223 e. The summed E-state index contributed by atoms with van der Waals surface area (Å²) in [5.74, 6) is 3.39. The lowest BCUT2D eigenvalue weighted by molar-refractivity contribution is -0.129. The van der Waals surface area contributed by atoms with Crippen molar-refractivity contribution in [3.8, 4) is 0 Å². The fourth-order valence-electron chi connectivity index (χ4n) is 3.53. The normalized spacial score (nSPS) is 25.9. The molecular weight excluding hydrogens is 284 g/mol. The summed E-state index contributed by atoms with van der Waals surface area (Å²) in [6, 6.07) is 1.12. The molecule has 2 unspecified atom stereocenters. The molecule has 2 heterocycles. The van der Waals surface area contributed by atoms with Crippen LogP contribution in [0.1, 0.15) is 68.2 Å². The Labute approximate surface area is 144 Å². The number of carbonyl (C=O) groups is 1. The predicted molar refractivity (Wildman–Crippen MR) is 99.4 cm³/mol. The molecule has 136 valence electrons. The largest absolute Gasteiger partial charge is 0.340 e. The lowest BCUT2D eigenvalue weighted by Gasteiger charge is -2.21. The Kier molecular flexibility index (Phi) is 8.06. The second-order valence-corrected chi connectivity index (χ2v) is 8.73. The average Bonchev–Trinajstić information content (AvgIpc) is 3.05. The molecule has 2 aliphatic rings. The van der Waals surface area contributed by atoms with Crippen molar-refractivity contribution in [1.29, 1.82) is 0 Å². The summed E-state index contributed by atoms with van der Waals surface area (Å²) >= 11 is 0. The zero-order chi connectivity index (χ0) is 17.7. The summed E-state index contributed by atoms with van der Waals surface area (Å²) in [6.45, 7) is 21.4. The Balaban J connectivity index is 0.000000231. The van der Waals surface area contributed by atoms with Gasteiger partial charge in [0.15, 0.2) is 0 Å².